The maximum Gasteiger partial charge on any atom is 0.417 e. The van der Waals surface area contributed by atoms with Crippen molar-refractivity contribution in [2.24, 2.45) is 0 Å². The van der Waals surface area contributed by atoms with E-state index in [1.807, 2.05) is 25.1 Å². The highest BCUT2D eigenvalue weighted by Crippen LogP contribution is 2.34. The van der Waals surface area contributed by atoms with Crippen LogP contribution in [0, 0.1) is 5.82 Å². The topological polar surface area (TPSA) is 75.1 Å². The van der Waals surface area contributed by atoms with E-state index in [-0.39, 0.29) is 23.7 Å². The number of carbonyl (C=O) groups excluding carboxylic acids is 1. The van der Waals surface area contributed by atoms with Gasteiger partial charge in [-0.2, -0.15) is 0 Å². The van der Waals surface area contributed by atoms with Gasteiger partial charge in [0.05, 0.1) is 5.52 Å². The number of aromatic amines is 1. The van der Waals surface area contributed by atoms with Crippen molar-refractivity contribution in [2.75, 3.05) is 0 Å². The molecule has 1 aliphatic carbocycles. The van der Waals surface area contributed by atoms with Gasteiger partial charge in [0.1, 0.15) is 5.82 Å². The maximum atomic E-state index is 13.1. The highest BCUT2D eigenvalue weighted by molar-refractivity contribution is 5.77. The van der Waals surface area contributed by atoms with Gasteiger partial charge in [0.15, 0.2) is 5.58 Å². The predicted molar refractivity (Wildman–Crippen MR) is 109 cm³/mol. The van der Waals surface area contributed by atoms with E-state index in [0.717, 1.165) is 36.8 Å². The molecule has 3 aromatic rings. The normalized spacial score (nSPS) is 20.5. The summed E-state index contributed by atoms with van der Waals surface area (Å²) in [6, 6.07) is 12.4. The molecule has 0 bridgehead atoms. The third-order valence-electron chi connectivity index (χ3n) is 5.94. The van der Waals surface area contributed by atoms with Gasteiger partial charge in [-0.25, -0.2) is 9.18 Å². The minimum Gasteiger partial charge on any atom is -0.408 e. The monoisotopic (exact) mass is 396 g/mol. The Balaban J connectivity index is 1.29. The summed E-state index contributed by atoms with van der Waals surface area (Å²) in [5, 5.41) is 3.16. The Morgan fingerprint density at radius 3 is 2.62 bits per heavy atom. The summed E-state index contributed by atoms with van der Waals surface area (Å²) in [5.41, 5.74) is 3.46. The molecular weight excluding hydrogens is 371 g/mol. The Labute approximate surface area is 168 Å². The highest BCUT2D eigenvalue weighted by Gasteiger charge is 2.24. The fourth-order valence-electron chi connectivity index (χ4n) is 4.26. The van der Waals surface area contributed by atoms with Crippen LogP contribution in [-0.2, 0) is 4.79 Å². The first kappa shape index (κ1) is 19.4. The van der Waals surface area contributed by atoms with E-state index in [9.17, 15) is 14.0 Å². The first-order valence-electron chi connectivity index (χ1n) is 10.2. The molecule has 1 saturated carbocycles. The molecule has 0 aliphatic heterocycles. The molecule has 29 heavy (non-hydrogen) atoms. The average Bonchev–Trinajstić information content (AvgIpc) is 3.08. The van der Waals surface area contributed by atoms with Crippen molar-refractivity contribution in [2.45, 2.75) is 56.9 Å². The van der Waals surface area contributed by atoms with Crippen LogP contribution in [0.4, 0.5) is 4.39 Å². The predicted octanol–water partition coefficient (Wildman–Crippen LogP) is 4.60. The van der Waals surface area contributed by atoms with Gasteiger partial charge in [-0.05, 0) is 72.9 Å². The molecule has 1 aromatic heterocycles. The van der Waals surface area contributed by atoms with Crippen LogP contribution in [-0.4, -0.2) is 16.9 Å². The van der Waals surface area contributed by atoms with Gasteiger partial charge in [-0.15, -0.1) is 0 Å². The molecule has 1 fully saturated rings. The van der Waals surface area contributed by atoms with Crippen LogP contribution in [0.25, 0.3) is 11.1 Å². The maximum absolute atomic E-state index is 13.1. The Hall–Kier alpha value is -2.89. The Bertz CT molecular complexity index is 1050. The Morgan fingerprint density at radius 2 is 1.90 bits per heavy atom. The number of aromatic nitrogens is 1. The van der Waals surface area contributed by atoms with Gasteiger partial charge in [-0.1, -0.05) is 25.1 Å². The van der Waals surface area contributed by atoms with E-state index < -0.39 is 5.76 Å². The van der Waals surface area contributed by atoms with Crippen molar-refractivity contribution >= 4 is 17.0 Å². The smallest absolute Gasteiger partial charge is 0.408 e. The number of fused-ring (bicyclic) bond motifs is 1. The summed E-state index contributed by atoms with van der Waals surface area (Å²) >= 11 is 0. The second-order valence-corrected chi connectivity index (χ2v) is 8.04. The first-order chi connectivity index (χ1) is 14.0. The van der Waals surface area contributed by atoms with Crippen molar-refractivity contribution in [1.82, 2.24) is 10.3 Å². The van der Waals surface area contributed by atoms with E-state index in [0.29, 0.717) is 17.9 Å². The molecule has 2 aromatic carbocycles. The largest absolute Gasteiger partial charge is 0.417 e. The van der Waals surface area contributed by atoms with Gasteiger partial charge in [0, 0.05) is 12.5 Å². The molecule has 1 aliphatic rings. The highest BCUT2D eigenvalue weighted by atomic mass is 19.1. The van der Waals surface area contributed by atoms with Gasteiger partial charge in [0.2, 0.25) is 5.91 Å². The van der Waals surface area contributed by atoms with Crippen LogP contribution < -0.4 is 11.1 Å². The Kier molecular flexibility index (Phi) is 5.51. The number of hydrogen-bond acceptors (Lipinski definition) is 3. The van der Waals surface area contributed by atoms with Gasteiger partial charge >= 0.3 is 5.76 Å². The molecule has 2 N–H and O–H groups in total. The van der Waals surface area contributed by atoms with E-state index in [1.165, 1.54) is 17.7 Å². The number of halogens is 1. The molecule has 1 unspecified atom stereocenters. The third kappa shape index (κ3) is 4.58. The first-order valence-corrected chi connectivity index (χ1v) is 10.2. The SMILES string of the molecule is CC(CC(=O)NC1CCC(c2ccc3[nH]c(=O)oc3c2)CC1)c1ccc(F)cc1. The fraction of sp³-hybridized carbons (Fsp3) is 0.391. The van der Waals surface area contributed by atoms with Gasteiger partial charge in [-0.3, -0.25) is 9.78 Å². The van der Waals surface area contributed by atoms with Crippen molar-refractivity contribution in [3.05, 3.63) is 70.0 Å². The van der Waals surface area contributed by atoms with E-state index >= 15 is 0 Å². The zero-order chi connectivity index (χ0) is 20.4. The zero-order valence-electron chi connectivity index (χ0n) is 16.4. The van der Waals surface area contributed by atoms with Crippen molar-refractivity contribution in [3.8, 4) is 0 Å². The van der Waals surface area contributed by atoms with Crippen molar-refractivity contribution in [3.63, 3.8) is 0 Å². The van der Waals surface area contributed by atoms with E-state index in [1.54, 1.807) is 12.1 Å². The number of carbonyl (C=O) groups is 1. The number of benzene rings is 2. The van der Waals surface area contributed by atoms with Crippen LogP contribution in [0.1, 0.15) is 62.0 Å². The quantitative estimate of drug-likeness (QED) is 0.662. The molecule has 4 rings (SSSR count). The molecule has 5 nitrogen and oxygen atoms in total. The average molecular weight is 396 g/mol. The summed E-state index contributed by atoms with van der Waals surface area (Å²) in [6.07, 6.45) is 4.22. The molecule has 0 radical (unpaired) electrons. The summed E-state index contributed by atoms with van der Waals surface area (Å²) in [5.74, 6) is -0.195. The van der Waals surface area contributed by atoms with Crippen molar-refractivity contribution in [1.29, 1.82) is 0 Å². The van der Waals surface area contributed by atoms with Crippen LogP contribution in [0.3, 0.4) is 0 Å². The minimum absolute atomic E-state index is 0.0424. The summed E-state index contributed by atoms with van der Waals surface area (Å²) < 4.78 is 18.2. The zero-order valence-corrected chi connectivity index (χ0v) is 16.4. The minimum atomic E-state index is -0.432. The number of nitrogens with one attached hydrogen (secondary N) is 2. The fourth-order valence-corrected chi connectivity index (χ4v) is 4.26. The van der Waals surface area contributed by atoms with E-state index in [2.05, 4.69) is 10.3 Å². The van der Waals surface area contributed by atoms with Crippen LogP contribution >= 0.6 is 0 Å². The van der Waals surface area contributed by atoms with E-state index in [4.69, 9.17) is 4.42 Å². The molecule has 1 atom stereocenters. The number of amides is 1. The second kappa shape index (κ2) is 8.23. The second-order valence-electron chi connectivity index (χ2n) is 8.04. The van der Waals surface area contributed by atoms with Crippen LogP contribution in [0.2, 0.25) is 0 Å². The lowest BCUT2D eigenvalue weighted by Gasteiger charge is -2.29. The summed E-state index contributed by atoms with van der Waals surface area (Å²) in [4.78, 5) is 26.4. The molecule has 1 amide bonds. The van der Waals surface area contributed by atoms with Crippen LogP contribution in [0.15, 0.2) is 51.7 Å². The molecule has 152 valence electrons. The lowest BCUT2D eigenvalue weighted by atomic mass is 9.81. The third-order valence-corrected chi connectivity index (χ3v) is 5.94. The van der Waals surface area contributed by atoms with Crippen LogP contribution in [0.5, 0.6) is 0 Å². The number of hydrogen-bond donors (Lipinski definition) is 2. The standard InChI is InChI=1S/C23H25FN2O3/c1-14(15-2-7-18(24)8-3-15)12-22(27)25-19-9-4-16(5-10-19)17-6-11-20-21(13-17)29-23(28)26-20/h2-3,6-8,11,13-14,16,19H,4-5,9-10,12H2,1H3,(H,25,27)(H,26,28). The number of rotatable bonds is 5. The number of oxazole rings is 1. The number of H-pyrrole nitrogens is 1. The van der Waals surface area contributed by atoms with Gasteiger partial charge < -0.3 is 9.73 Å². The van der Waals surface area contributed by atoms with Gasteiger partial charge in [0.25, 0.3) is 0 Å². The lowest BCUT2D eigenvalue weighted by molar-refractivity contribution is -0.122. The van der Waals surface area contributed by atoms with Crippen molar-refractivity contribution < 1.29 is 13.6 Å². The molecule has 1 heterocycles. The summed E-state index contributed by atoms with van der Waals surface area (Å²) in [6.45, 7) is 1.99. The molecular formula is C23H25FN2O3. The summed E-state index contributed by atoms with van der Waals surface area (Å²) in [7, 11) is 0. The lowest BCUT2D eigenvalue weighted by Crippen LogP contribution is -2.37. The molecule has 0 spiro atoms. The molecule has 6 heteroatoms. The Morgan fingerprint density at radius 1 is 1.17 bits per heavy atom. The molecule has 0 saturated heterocycles.